The van der Waals surface area contributed by atoms with E-state index in [0.717, 1.165) is 11.3 Å². The second kappa shape index (κ2) is 4.55. The average molecular weight is 233 g/mol. The maximum Gasteiger partial charge on any atom is 0.251 e. The molecule has 17 heavy (non-hydrogen) atoms. The molecule has 1 heterocycles. The van der Waals surface area contributed by atoms with Gasteiger partial charge in [-0.15, -0.1) is 0 Å². The molecule has 0 bridgehead atoms. The van der Waals surface area contributed by atoms with Crippen LogP contribution in [0.15, 0.2) is 18.2 Å². The molecular formula is C12H15N3O2. The fraction of sp³-hybridized carbons (Fsp3) is 0.333. The lowest BCUT2D eigenvalue weighted by Gasteiger charge is -2.08. The quantitative estimate of drug-likeness (QED) is 0.700. The number of hydrogen-bond donors (Lipinski definition) is 3. The van der Waals surface area contributed by atoms with Gasteiger partial charge < -0.3 is 16.4 Å². The Morgan fingerprint density at radius 1 is 1.59 bits per heavy atom. The van der Waals surface area contributed by atoms with Gasteiger partial charge in [0.2, 0.25) is 5.91 Å². The molecule has 0 saturated heterocycles. The van der Waals surface area contributed by atoms with E-state index in [4.69, 9.17) is 5.73 Å². The summed E-state index contributed by atoms with van der Waals surface area (Å²) >= 11 is 0. The molecule has 1 aromatic carbocycles. The van der Waals surface area contributed by atoms with E-state index < -0.39 is 0 Å². The Morgan fingerprint density at radius 2 is 2.35 bits per heavy atom. The summed E-state index contributed by atoms with van der Waals surface area (Å²) in [7, 11) is 0. The highest BCUT2D eigenvalue weighted by Crippen LogP contribution is 2.23. The predicted octanol–water partition coefficient (Wildman–Crippen LogP) is 0.258. The molecule has 0 aliphatic carbocycles. The summed E-state index contributed by atoms with van der Waals surface area (Å²) in [5.74, 6) is -0.209. The van der Waals surface area contributed by atoms with Crippen molar-refractivity contribution in [3.05, 3.63) is 29.3 Å². The number of carbonyl (C=O) groups is 2. The second-order valence-electron chi connectivity index (χ2n) is 4.28. The summed E-state index contributed by atoms with van der Waals surface area (Å²) in [4.78, 5) is 22.9. The molecule has 4 N–H and O–H groups in total. The standard InChI is InChI=1S/C12H15N3O2/c1-7(13)6-14-12(17)9-3-2-8-5-11(16)15-10(8)4-9/h2-4,7H,5-6,13H2,1H3,(H,14,17)(H,15,16). The summed E-state index contributed by atoms with van der Waals surface area (Å²) in [5, 5.41) is 5.44. The molecule has 0 aromatic heterocycles. The first kappa shape index (κ1) is 11.6. The van der Waals surface area contributed by atoms with Gasteiger partial charge in [-0.05, 0) is 24.6 Å². The van der Waals surface area contributed by atoms with Gasteiger partial charge in [0, 0.05) is 23.8 Å². The minimum absolute atomic E-state index is 0.0341. The van der Waals surface area contributed by atoms with E-state index in [1.807, 2.05) is 6.92 Å². The third-order valence-electron chi connectivity index (χ3n) is 2.58. The Labute approximate surface area is 99.4 Å². The number of hydrogen-bond acceptors (Lipinski definition) is 3. The van der Waals surface area contributed by atoms with Crippen molar-refractivity contribution < 1.29 is 9.59 Å². The van der Waals surface area contributed by atoms with Crippen LogP contribution in [0.4, 0.5) is 5.69 Å². The number of amides is 2. The molecule has 2 amide bonds. The van der Waals surface area contributed by atoms with Crippen molar-refractivity contribution in [3.63, 3.8) is 0 Å². The SMILES string of the molecule is CC(N)CNC(=O)c1ccc2c(c1)NC(=O)C2. The number of anilines is 1. The van der Waals surface area contributed by atoms with E-state index in [-0.39, 0.29) is 17.9 Å². The molecule has 1 aliphatic rings. The molecule has 1 atom stereocenters. The normalized spacial score (nSPS) is 15.1. The Kier molecular flexibility index (Phi) is 3.10. The van der Waals surface area contributed by atoms with Crippen LogP contribution in [0, 0.1) is 0 Å². The van der Waals surface area contributed by atoms with Gasteiger partial charge in [-0.3, -0.25) is 9.59 Å². The number of rotatable bonds is 3. The Balaban J connectivity index is 2.10. The predicted molar refractivity (Wildman–Crippen MR) is 64.8 cm³/mol. The van der Waals surface area contributed by atoms with Crippen LogP contribution in [0.3, 0.4) is 0 Å². The van der Waals surface area contributed by atoms with Crippen LogP contribution < -0.4 is 16.4 Å². The van der Waals surface area contributed by atoms with Crippen molar-refractivity contribution in [2.75, 3.05) is 11.9 Å². The zero-order valence-electron chi connectivity index (χ0n) is 9.62. The van der Waals surface area contributed by atoms with Gasteiger partial charge in [0.1, 0.15) is 0 Å². The van der Waals surface area contributed by atoms with Crippen LogP contribution in [0.1, 0.15) is 22.8 Å². The van der Waals surface area contributed by atoms with Gasteiger partial charge >= 0.3 is 0 Å². The summed E-state index contributed by atoms with van der Waals surface area (Å²) < 4.78 is 0. The molecule has 5 heteroatoms. The molecule has 0 spiro atoms. The molecule has 0 radical (unpaired) electrons. The number of fused-ring (bicyclic) bond motifs is 1. The highest BCUT2D eigenvalue weighted by atomic mass is 16.2. The van der Waals surface area contributed by atoms with Crippen molar-refractivity contribution in [2.45, 2.75) is 19.4 Å². The summed E-state index contributed by atoms with van der Waals surface area (Å²) in [5.41, 5.74) is 7.74. The van der Waals surface area contributed by atoms with Crippen LogP contribution in [0.5, 0.6) is 0 Å². The van der Waals surface area contributed by atoms with Gasteiger partial charge in [0.15, 0.2) is 0 Å². The van der Waals surface area contributed by atoms with Gasteiger partial charge in [0.25, 0.3) is 5.91 Å². The monoisotopic (exact) mass is 233 g/mol. The Hall–Kier alpha value is -1.88. The van der Waals surface area contributed by atoms with Crippen molar-refractivity contribution in [1.82, 2.24) is 5.32 Å². The van der Waals surface area contributed by atoms with Crippen molar-refractivity contribution in [3.8, 4) is 0 Å². The maximum absolute atomic E-state index is 11.8. The highest BCUT2D eigenvalue weighted by molar-refractivity contribution is 6.02. The smallest absolute Gasteiger partial charge is 0.251 e. The number of nitrogens with two attached hydrogens (primary N) is 1. The first-order valence-electron chi connectivity index (χ1n) is 5.53. The Morgan fingerprint density at radius 3 is 3.06 bits per heavy atom. The minimum Gasteiger partial charge on any atom is -0.350 e. The molecule has 90 valence electrons. The topological polar surface area (TPSA) is 84.2 Å². The molecule has 0 fully saturated rings. The lowest BCUT2D eigenvalue weighted by atomic mass is 10.1. The van der Waals surface area contributed by atoms with E-state index in [1.54, 1.807) is 18.2 Å². The lowest BCUT2D eigenvalue weighted by Crippen LogP contribution is -2.35. The molecule has 0 saturated carbocycles. The van der Waals surface area contributed by atoms with Crippen molar-refractivity contribution in [1.29, 1.82) is 0 Å². The fourth-order valence-electron chi connectivity index (χ4n) is 1.71. The van der Waals surface area contributed by atoms with E-state index >= 15 is 0 Å². The first-order chi connectivity index (χ1) is 8.06. The van der Waals surface area contributed by atoms with Gasteiger partial charge in [-0.2, -0.15) is 0 Å². The molecule has 2 rings (SSSR count). The van der Waals surface area contributed by atoms with Crippen LogP contribution in [0.25, 0.3) is 0 Å². The van der Waals surface area contributed by atoms with Gasteiger partial charge in [0.05, 0.1) is 6.42 Å². The summed E-state index contributed by atoms with van der Waals surface area (Å²) in [6.45, 7) is 2.26. The molecule has 5 nitrogen and oxygen atoms in total. The fourth-order valence-corrected chi connectivity index (χ4v) is 1.71. The lowest BCUT2D eigenvalue weighted by molar-refractivity contribution is -0.115. The van der Waals surface area contributed by atoms with E-state index in [2.05, 4.69) is 10.6 Å². The third-order valence-corrected chi connectivity index (χ3v) is 2.58. The van der Waals surface area contributed by atoms with Crippen LogP contribution >= 0.6 is 0 Å². The zero-order valence-corrected chi connectivity index (χ0v) is 9.62. The molecule has 1 aliphatic heterocycles. The van der Waals surface area contributed by atoms with Crippen LogP contribution in [-0.2, 0) is 11.2 Å². The molecule has 1 aromatic rings. The van der Waals surface area contributed by atoms with Crippen molar-refractivity contribution >= 4 is 17.5 Å². The number of benzene rings is 1. The molecule has 1 unspecified atom stereocenters. The summed E-state index contributed by atoms with van der Waals surface area (Å²) in [6.07, 6.45) is 0.386. The van der Waals surface area contributed by atoms with Gasteiger partial charge in [-0.25, -0.2) is 0 Å². The van der Waals surface area contributed by atoms with Gasteiger partial charge in [-0.1, -0.05) is 6.07 Å². The van der Waals surface area contributed by atoms with Crippen LogP contribution in [0.2, 0.25) is 0 Å². The maximum atomic E-state index is 11.8. The first-order valence-corrected chi connectivity index (χ1v) is 5.53. The second-order valence-corrected chi connectivity index (χ2v) is 4.28. The molecular weight excluding hydrogens is 218 g/mol. The largest absolute Gasteiger partial charge is 0.350 e. The zero-order chi connectivity index (χ0) is 12.4. The average Bonchev–Trinajstić information content (AvgIpc) is 2.64. The van der Waals surface area contributed by atoms with Crippen molar-refractivity contribution in [2.24, 2.45) is 5.73 Å². The third kappa shape index (κ3) is 2.62. The van der Waals surface area contributed by atoms with E-state index in [1.165, 1.54) is 0 Å². The van der Waals surface area contributed by atoms with E-state index in [9.17, 15) is 9.59 Å². The number of nitrogens with one attached hydrogen (secondary N) is 2. The Bertz CT molecular complexity index is 469. The highest BCUT2D eigenvalue weighted by Gasteiger charge is 2.18. The van der Waals surface area contributed by atoms with E-state index in [0.29, 0.717) is 18.5 Å². The van der Waals surface area contributed by atoms with Crippen LogP contribution in [-0.4, -0.2) is 24.4 Å². The minimum atomic E-state index is -0.175. The summed E-state index contributed by atoms with van der Waals surface area (Å²) in [6, 6.07) is 5.13. The number of carbonyl (C=O) groups excluding carboxylic acids is 2.